The number of piperazine rings is 1. The van der Waals surface area contributed by atoms with Gasteiger partial charge < -0.3 is 9.80 Å². The molecule has 1 aliphatic rings. The summed E-state index contributed by atoms with van der Waals surface area (Å²) in [7, 11) is 2.12. The molecule has 0 unspecified atom stereocenters. The SMILES string of the molecule is C[C@@H](c1ccccc1)n1c(=O)c2c(N3CCN(C)CC3)cc(I)cc2n(Cc2ccccc2)c1=O. The summed E-state index contributed by atoms with van der Waals surface area (Å²) in [4.78, 5) is 32.7. The first-order chi connectivity index (χ1) is 16.9. The summed E-state index contributed by atoms with van der Waals surface area (Å²) in [5.74, 6) is 0. The van der Waals surface area contributed by atoms with Crippen molar-refractivity contribution in [3.8, 4) is 0 Å². The first-order valence-corrected chi connectivity index (χ1v) is 13.0. The number of halogens is 1. The molecule has 0 N–H and O–H groups in total. The van der Waals surface area contributed by atoms with Crippen LogP contribution in [0.5, 0.6) is 0 Å². The van der Waals surface area contributed by atoms with Crippen LogP contribution in [-0.2, 0) is 6.54 Å². The first kappa shape index (κ1) is 23.8. The van der Waals surface area contributed by atoms with Gasteiger partial charge in [-0.1, -0.05) is 60.7 Å². The molecule has 1 atom stereocenters. The fourth-order valence-corrected chi connectivity index (χ4v) is 5.48. The molecule has 2 heterocycles. The second-order valence-electron chi connectivity index (χ2n) is 9.23. The Labute approximate surface area is 218 Å². The highest BCUT2D eigenvalue weighted by Crippen LogP contribution is 2.29. The maximum Gasteiger partial charge on any atom is 0.332 e. The lowest BCUT2D eigenvalue weighted by atomic mass is 10.1. The summed E-state index contributed by atoms with van der Waals surface area (Å²) in [5, 5.41) is 0.619. The summed E-state index contributed by atoms with van der Waals surface area (Å²) in [5.41, 5.74) is 3.06. The molecular formula is C28H29IN4O2. The van der Waals surface area contributed by atoms with Crippen LogP contribution >= 0.6 is 22.6 Å². The standard InChI is InChI=1S/C28H29IN4O2/c1-20(22-11-7-4-8-12-22)33-27(34)26-24(31-15-13-30(2)14-16-31)17-23(29)18-25(26)32(28(33)35)19-21-9-5-3-6-10-21/h3-12,17-18,20H,13-16,19H2,1-2H3/t20-/m0/s1. The normalized spacial score (nSPS) is 15.5. The molecule has 1 aromatic heterocycles. The van der Waals surface area contributed by atoms with E-state index in [9.17, 15) is 9.59 Å². The van der Waals surface area contributed by atoms with Crippen LogP contribution in [0, 0.1) is 3.57 Å². The van der Waals surface area contributed by atoms with Gasteiger partial charge in [0.2, 0.25) is 0 Å². The van der Waals surface area contributed by atoms with Crippen molar-refractivity contribution < 1.29 is 0 Å². The van der Waals surface area contributed by atoms with Crippen molar-refractivity contribution in [2.24, 2.45) is 0 Å². The number of aromatic nitrogens is 2. The minimum Gasteiger partial charge on any atom is -0.368 e. The van der Waals surface area contributed by atoms with E-state index in [2.05, 4.69) is 45.5 Å². The summed E-state index contributed by atoms with van der Waals surface area (Å²) >= 11 is 2.29. The van der Waals surface area contributed by atoms with Gasteiger partial charge in [0, 0.05) is 29.7 Å². The van der Waals surface area contributed by atoms with Crippen LogP contribution in [0.15, 0.2) is 82.4 Å². The van der Waals surface area contributed by atoms with Gasteiger partial charge in [0.05, 0.1) is 29.2 Å². The van der Waals surface area contributed by atoms with Crippen LogP contribution < -0.4 is 16.1 Å². The van der Waals surface area contributed by atoms with Crippen LogP contribution in [0.25, 0.3) is 10.9 Å². The van der Waals surface area contributed by atoms with Crippen molar-refractivity contribution in [2.75, 3.05) is 38.1 Å². The molecule has 5 rings (SSSR count). The van der Waals surface area contributed by atoms with Crippen LogP contribution in [0.3, 0.4) is 0 Å². The van der Waals surface area contributed by atoms with Gasteiger partial charge in [-0.15, -0.1) is 0 Å². The number of hydrogen-bond acceptors (Lipinski definition) is 4. The van der Waals surface area contributed by atoms with Crippen molar-refractivity contribution in [1.29, 1.82) is 0 Å². The third-order valence-electron chi connectivity index (χ3n) is 6.92. The summed E-state index contributed by atoms with van der Waals surface area (Å²) in [6.45, 7) is 5.89. The molecule has 7 heteroatoms. The molecule has 6 nitrogen and oxygen atoms in total. The fourth-order valence-electron chi connectivity index (χ4n) is 4.89. The number of rotatable bonds is 5. The van der Waals surface area contributed by atoms with Gasteiger partial charge in [-0.05, 0) is 59.8 Å². The Morgan fingerprint density at radius 3 is 2.17 bits per heavy atom. The average molecular weight is 580 g/mol. The molecule has 4 aromatic rings. The Kier molecular flexibility index (Phi) is 6.80. The molecule has 0 bridgehead atoms. The van der Waals surface area contributed by atoms with Crippen molar-refractivity contribution in [3.05, 3.63) is 108 Å². The predicted molar refractivity (Wildman–Crippen MR) is 151 cm³/mol. The van der Waals surface area contributed by atoms with Gasteiger partial charge in [-0.3, -0.25) is 13.9 Å². The quantitative estimate of drug-likeness (QED) is 0.333. The summed E-state index contributed by atoms with van der Waals surface area (Å²) in [6.07, 6.45) is 0. The minimum atomic E-state index is -0.387. The number of likely N-dealkylation sites (N-methyl/N-ethyl adjacent to an activating group) is 1. The largest absolute Gasteiger partial charge is 0.368 e. The number of hydrogen-bond donors (Lipinski definition) is 0. The second kappa shape index (κ2) is 9.99. The average Bonchev–Trinajstić information content (AvgIpc) is 2.87. The van der Waals surface area contributed by atoms with E-state index in [1.165, 1.54) is 4.57 Å². The van der Waals surface area contributed by atoms with Crippen molar-refractivity contribution in [3.63, 3.8) is 0 Å². The maximum atomic E-state index is 14.1. The lowest BCUT2D eigenvalue weighted by Crippen LogP contribution is -2.46. The summed E-state index contributed by atoms with van der Waals surface area (Å²) < 4.78 is 4.22. The highest BCUT2D eigenvalue weighted by Gasteiger charge is 2.24. The van der Waals surface area contributed by atoms with Gasteiger partial charge >= 0.3 is 5.69 Å². The van der Waals surface area contributed by atoms with Gasteiger partial charge in [-0.2, -0.15) is 0 Å². The highest BCUT2D eigenvalue weighted by atomic mass is 127. The molecule has 3 aromatic carbocycles. The minimum absolute atomic E-state index is 0.226. The third-order valence-corrected chi connectivity index (χ3v) is 7.54. The Balaban J connectivity index is 1.80. The third kappa shape index (κ3) is 4.67. The topological polar surface area (TPSA) is 50.5 Å². The molecule has 0 spiro atoms. The molecule has 1 aliphatic heterocycles. The molecule has 0 aliphatic carbocycles. The molecule has 35 heavy (non-hydrogen) atoms. The molecule has 1 fully saturated rings. The Hall–Kier alpha value is -2.91. The summed E-state index contributed by atoms with van der Waals surface area (Å²) in [6, 6.07) is 23.4. The van der Waals surface area contributed by atoms with Crippen LogP contribution in [0.4, 0.5) is 5.69 Å². The Bertz CT molecular complexity index is 1460. The number of benzene rings is 3. The van der Waals surface area contributed by atoms with E-state index in [0.29, 0.717) is 17.4 Å². The molecular weight excluding hydrogens is 551 g/mol. The van der Waals surface area contributed by atoms with Crippen LogP contribution in [-0.4, -0.2) is 47.3 Å². The molecule has 0 saturated carbocycles. The molecule has 0 radical (unpaired) electrons. The Morgan fingerprint density at radius 1 is 0.886 bits per heavy atom. The van der Waals surface area contributed by atoms with Crippen molar-refractivity contribution in [2.45, 2.75) is 19.5 Å². The monoisotopic (exact) mass is 580 g/mol. The number of fused-ring (bicyclic) bond motifs is 1. The lowest BCUT2D eigenvalue weighted by molar-refractivity contribution is 0.313. The fraction of sp³-hybridized carbons (Fsp3) is 0.286. The zero-order valence-electron chi connectivity index (χ0n) is 20.0. The number of nitrogens with zero attached hydrogens (tertiary/aromatic N) is 4. The van der Waals surface area contributed by atoms with Gasteiger partial charge in [0.15, 0.2) is 0 Å². The van der Waals surface area contributed by atoms with E-state index in [-0.39, 0.29) is 17.3 Å². The molecule has 0 amide bonds. The molecule has 1 saturated heterocycles. The predicted octanol–water partition coefficient (Wildman–Crippen LogP) is 4.18. The van der Waals surface area contributed by atoms with E-state index in [4.69, 9.17) is 0 Å². The van der Waals surface area contributed by atoms with E-state index in [1.807, 2.05) is 73.7 Å². The second-order valence-corrected chi connectivity index (χ2v) is 10.5. The van der Waals surface area contributed by atoms with E-state index < -0.39 is 0 Å². The Morgan fingerprint density at radius 2 is 1.51 bits per heavy atom. The smallest absolute Gasteiger partial charge is 0.332 e. The van der Waals surface area contributed by atoms with Crippen LogP contribution in [0.2, 0.25) is 0 Å². The zero-order valence-corrected chi connectivity index (χ0v) is 22.2. The van der Waals surface area contributed by atoms with Gasteiger partial charge in [0.1, 0.15) is 0 Å². The van der Waals surface area contributed by atoms with Crippen LogP contribution in [0.1, 0.15) is 24.1 Å². The zero-order chi connectivity index (χ0) is 24.5. The van der Waals surface area contributed by atoms with Gasteiger partial charge in [0.25, 0.3) is 5.56 Å². The number of anilines is 1. The lowest BCUT2D eigenvalue weighted by Gasteiger charge is -2.35. The first-order valence-electron chi connectivity index (χ1n) is 11.9. The highest BCUT2D eigenvalue weighted by molar-refractivity contribution is 14.1. The van der Waals surface area contributed by atoms with Crippen molar-refractivity contribution >= 4 is 39.2 Å². The van der Waals surface area contributed by atoms with Gasteiger partial charge in [-0.25, -0.2) is 4.79 Å². The van der Waals surface area contributed by atoms with E-state index in [1.54, 1.807) is 4.57 Å². The molecule has 180 valence electrons. The van der Waals surface area contributed by atoms with E-state index in [0.717, 1.165) is 46.6 Å². The van der Waals surface area contributed by atoms with E-state index >= 15 is 0 Å². The van der Waals surface area contributed by atoms with Crippen molar-refractivity contribution in [1.82, 2.24) is 14.0 Å². The maximum absolute atomic E-state index is 14.1.